The van der Waals surface area contributed by atoms with Gasteiger partial charge in [-0.1, -0.05) is 25.1 Å². The van der Waals surface area contributed by atoms with Crippen molar-refractivity contribution in [3.63, 3.8) is 0 Å². The van der Waals surface area contributed by atoms with Gasteiger partial charge in [0.05, 0.1) is 0 Å². The maximum Gasteiger partial charge on any atom is 0.320 e. The van der Waals surface area contributed by atoms with Gasteiger partial charge in [-0.2, -0.15) is 0 Å². The molecule has 1 aromatic carbocycles. The number of benzene rings is 1. The number of nitrogen functional groups attached to an aromatic ring is 1. The SMILES string of the molecule is CC1CCCN(C(=O)N(C)Cc2cccc(C(=N)N)c2)C1. The summed E-state index contributed by atoms with van der Waals surface area (Å²) in [7, 11) is 1.82. The molecule has 0 bridgehead atoms. The Balaban J connectivity index is 2.00. The van der Waals surface area contributed by atoms with Crippen molar-refractivity contribution in [2.75, 3.05) is 20.1 Å². The molecule has 1 heterocycles. The van der Waals surface area contributed by atoms with Crippen LogP contribution in [0.5, 0.6) is 0 Å². The van der Waals surface area contributed by atoms with Crippen molar-refractivity contribution in [1.82, 2.24) is 9.80 Å². The van der Waals surface area contributed by atoms with Gasteiger partial charge >= 0.3 is 6.03 Å². The molecule has 0 saturated carbocycles. The van der Waals surface area contributed by atoms with Gasteiger partial charge in [0.1, 0.15) is 5.84 Å². The van der Waals surface area contributed by atoms with E-state index in [1.165, 1.54) is 6.42 Å². The molecular formula is C16H24N4O. The highest BCUT2D eigenvalue weighted by Crippen LogP contribution is 2.17. The molecule has 0 spiro atoms. The highest BCUT2D eigenvalue weighted by atomic mass is 16.2. The summed E-state index contributed by atoms with van der Waals surface area (Å²) >= 11 is 0. The first-order chi connectivity index (χ1) is 9.97. The molecule has 1 fully saturated rings. The molecule has 0 aliphatic carbocycles. The molecule has 5 nitrogen and oxygen atoms in total. The monoisotopic (exact) mass is 288 g/mol. The summed E-state index contributed by atoms with van der Waals surface area (Å²) in [5, 5.41) is 7.47. The molecule has 21 heavy (non-hydrogen) atoms. The summed E-state index contributed by atoms with van der Waals surface area (Å²) in [6.45, 7) is 4.41. The van der Waals surface area contributed by atoms with Crippen LogP contribution < -0.4 is 5.73 Å². The highest BCUT2D eigenvalue weighted by Gasteiger charge is 2.23. The number of likely N-dealkylation sites (tertiary alicyclic amines) is 1. The van der Waals surface area contributed by atoms with Gasteiger partial charge in [-0.15, -0.1) is 0 Å². The predicted octanol–water partition coefficient (Wildman–Crippen LogP) is 2.25. The summed E-state index contributed by atoms with van der Waals surface area (Å²) in [6, 6.07) is 7.57. The molecule has 1 aromatic rings. The van der Waals surface area contributed by atoms with Crippen LogP contribution in [0.3, 0.4) is 0 Å². The third-order valence-electron chi connectivity index (χ3n) is 3.91. The van der Waals surface area contributed by atoms with Crippen LogP contribution in [0, 0.1) is 11.3 Å². The van der Waals surface area contributed by atoms with Crippen molar-refractivity contribution in [3.05, 3.63) is 35.4 Å². The largest absolute Gasteiger partial charge is 0.384 e. The Labute approximate surface area is 126 Å². The maximum atomic E-state index is 12.5. The highest BCUT2D eigenvalue weighted by molar-refractivity contribution is 5.95. The van der Waals surface area contributed by atoms with Crippen molar-refractivity contribution in [1.29, 1.82) is 5.41 Å². The molecule has 5 heteroatoms. The second kappa shape index (κ2) is 6.61. The van der Waals surface area contributed by atoms with Crippen LogP contribution in [0.15, 0.2) is 24.3 Å². The Morgan fingerprint density at radius 1 is 1.52 bits per heavy atom. The number of nitrogens with zero attached hydrogens (tertiary/aromatic N) is 2. The fourth-order valence-electron chi connectivity index (χ4n) is 2.78. The fraction of sp³-hybridized carbons (Fsp3) is 0.500. The number of urea groups is 1. The van der Waals surface area contributed by atoms with E-state index in [0.717, 1.165) is 25.1 Å². The third kappa shape index (κ3) is 3.97. The number of piperidine rings is 1. The van der Waals surface area contributed by atoms with Crippen molar-refractivity contribution < 1.29 is 4.79 Å². The second-order valence-corrected chi connectivity index (χ2v) is 5.95. The molecule has 3 N–H and O–H groups in total. The molecule has 0 radical (unpaired) electrons. The van der Waals surface area contributed by atoms with E-state index in [1.54, 1.807) is 11.0 Å². The lowest BCUT2D eigenvalue weighted by Crippen LogP contribution is -2.45. The predicted molar refractivity (Wildman–Crippen MR) is 84.3 cm³/mol. The minimum Gasteiger partial charge on any atom is -0.384 e. The molecule has 2 amide bonds. The summed E-state index contributed by atoms with van der Waals surface area (Å²) in [5.74, 6) is 0.632. The lowest BCUT2D eigenvalue weighted by molar-refractivity contribution is 0.137. The Hall–Kier alpha value is -2.04. The summed E-state index contributed by atoms with van der Waals surface area (Å²) in [6.07, 6.45) is 2.29. The van der Waals surface area contributed by atoms with Crippen molar-refractivity contribution in [2.45, 2.75) is 26.3 Å². The number of amidine groups is 1. The topological polar surface area (TPSA) is 73.4 Å². The van der Waals surface area contributed by atoms with E-state index in [4.69, 9.17) is 11.1 Å². The molecular weight excluding hydrogens is 264 g/mol. The van der Waals surface area contributed by atoms with Crippen LogP contribution >= 0.6 is 0 Å². The molecule has 1 aliphatic heterocycles. The van der Waals surface area contributed by atoms with Gasteiger partial charge in [0.2, 0.25) is 0 Å². The minimum absolute atomic E-state index is 0.0516. The zero-order valence-electron chi connectivity index (χ0n) is 12.8. The quantitative estimate of drug-likeness (QED) is 0.661. The average molecular weight is 288 g/mol. The number of rotatable bonds is 3. The summed E-state index contributed by atoms with van der Waals surface area (Å²) in [4.78, 5) is 16.1. The number of nitrogens with one attached hydrogen (secondary N) is 1. The normalized spacial score (nSPS) is 18.4. The van der Waals surface area contributed by atoms with Gasteiger partial charge < -0.3 is 15.5 Å². The Morgan fingerprint density at radius 3 is 2.95 bits per heavy atom. The van der Waals surface area contributed by atoms with Gasteiger partial charge in [-0.05, 0) is 30.4 Å². The van der Waals surface area contributed by atoms with Gasteiger partial charge in [0.25, 0.3) is 0 Å². The Bertz CT molecular complexity index is 529. The maximum absolute atomic E-state index is 12.5. The van der Waals surface area contributed by atoms with Gasteiger partial charge in [0.15, 0.2) is 0 Å². The second-order valence-electron chi connectivity index (χ2n) is 5.95. The molecule has 1 atom stereocenters. The first-order valence-corrected chi connectivity index (χ1v) is 7.40. The molecule has 1 aliphatic rings. The van der Waals surface area contributed by atoms with Crippen molar-refractivity contribution in [3.8, 4) is 0 Å². The zero-order valence-corrected chi connectivity index (χ0v) is 12.8. The first-order valence-electron chi connectivity index (χ1n) is 7.40. The van der Waals surface area contributed by atoms with Crippen LogP contribution in [0.1, 0.15) is 30.9 Å². The number of nitrogens with two attached hydrogens (primary N) is 1. The van der Waals surface area contributed by atoms with E-state index < -0.39 is 0 Å². The molecule has 1 unspecified atom stereocenters. The number of carbonyl (C=O) groups is 1. The van der Waals surface area contributed by atoms with Crippen LogP contribution in [0.4, 0.5) is 4.79 Å². The van der Waals surface area contributed by atoms with Crippen LogP contribution in [0.25, 0.3) is 0 Å². The standard InChI is InChI=1S/C16H24N4O/c1-12-5-4-8-20(10-12)16(21)19(2)11-13-6-3-7-14(9-13)15(17)18/h3,6-7,9,12H,4-5,8,10-11H2,1-2H3,(H3,17,18). The van der Waals surface area contributed by atoms with Crippen molar-refractivity contribution in [2.24, 2.45) is 11.7 Å². The number of carbonyl (C=O) groups excluding carboxylic acids is 1. The van der Waals surface area contributed by atoms with Crippen molar-refractivity contribution >= 4 is 11.9 Å². The van der Waals surface area contributed by atoms with E-state index in [2.05, 4.69) is 6.92 Å². The van der Waals surface area contributed by atoms with Gasteiger partial charge in [-0.25, -0.2) is 4.79 Å². The third-order valence-corrected chi connectivity index (χ3v) is 3.91. The lowest BCUT2D eigenvalue weighted by atomic mass is 10.0. The smallest absolute Gasteiger partial charge is 0.320 e. The Morgan fingerprint density at radius 2 is 2.29 bits per heavy atom. The van der Waals surface area contributed by atoms with E-state index in [-0.39, 0.29) is 11.9 Å². The number of hydrogen-bond acceptors (Lipinski definition) is 2. The van der Waals surface area contributed by atoms with E-state index in [9.17, 15) is 4.79 Å². The molecule has 1 saturated heterocycles. The summed E-state index contributed by atoms with van der Waals surface area (Å²) < 4.78 is 0. The molecule has 2 rings (SSSR count). The zero-order chi connectivity index (χ0) is 15.4. The van der Waals surface area contributed by atoms with E-state index in [0.29, 0.717) is 18.0 Å². The molecule has 114 valence electrons. The van der Waals surface area contributed by atoms with Crippen LogP contribution in [-0.2, 0) is 6.54 Å². The van der Waals surface area contributed by atoms with E-state index >= 15 is 0 Å². The minimum atomic E-state index is 0.0516. The average Bonchev–Trinajstić information content (AvgIpc) is 2.46. The summed E-state index contributed by atoms with van der Waals surface area (Å²) in [5.41, 5.74) is 7.18. The fourth-order valence-corrected chi connectivity index (χ4v) is 2.78. The van der Waals surface area contributed by atoms with E-state index in [1.807, 2.05) is 30.1 Å². The molecule has 0 aromatic heterocycles. The number of amides is 2. The van der Waals surface area contributed by atoms with Gasteiger partial charge in [0, 0.05) is 32.2 Å². The first kappa shape index (κ1) is 15.4. The van der Waals surface area contributed by atoms with Crippen LogP contribution in [0.2, 0.25) is 0 Å². The lowest BCUT2D eigenvalue weighted by Gasteiger charge is -2.34. The van der Waals surface area contributed by atoms with Crippen LogP contribution in [-0.4, -0.2) is 41.8 Å². The Kier molecular flexibility index (Phi) is 4.83. The van der Waals surface area contributed by atoms with Gasteiger partial charge in [-0.3, -0.25) is 5.41 Å². The number of hydrogen-bond donors (Lipinski definition) is 2.